The highest BCUT2D eigenvalue weighted by molar-refractivity contribution is 6.31. The van der Waals surface area contributed by atoms with Crippen molar-refractivity contribution in [3.8, 4) is 0 Å². The zero-order valence-corrected chi connectivity index (χ0v) is 15.1. The summed E-state index contributed by atoms with van der Waals surface area (Å²) in [6, 6.07) is 13.6. The number of aliphatic hydroxyl groups is 2. The van der Waals surface area contributed by atoms with Crippen molar-refractivity contribution in [3.63, 3.8) is 0 Å². The van der Waals surface area contributed by atoms with Crippen LogP contribution in [0.3, 0.4) is 0 Å². The van der Waals surface area contributed by atoms with E-state index in [0.717, 1.165) is 0 Å². The fourth-order valence-corrected chi connectivity index (χ4v) is 2.17. The topological polar surface area (TPSA) is 116 Å². The standard InChI is InChI=1S/C17H17Cl2N5O2/c18-13-5-1-11(2-6-13)15(9-25)21-23-17(20)24-22-16(10-26)12-3-7-14(19)8-4-12/h1-8,25-26H,9-10H2,(H3,20,23,24). The molecule has 0 saturated carbocycles. The van der Waals surface area contributed by atoms with E-state index in [-0.39, 0.29) is 19.2 Å². The summed E-state index contributed by atoms with van der Waals surface area (Å²) in [5.74, 6) is -0.107. The van der Waals surface area contributed by atoms with Gasteiger partial charge in [0.25, 0.3) is 0 Å². The number of nitrogens with two attached hydrogens (primary N) is 1. The van der Waals surface area contributed by atoms with E-state index in [1.807, 2.05) is 0 Å². The molecule has 136 valence electrons. The Hall–Kier alpha value is -2.45. The van der Waals surface area contributed by atoms with Gasteiger partial charge in [-0.15, -0.1) is 10.2 Å². The second-order valence-electron chi connectivity index (χ2n) is 5.03. The van der Waals surface area contributed by atoms with Gasteiger partial charge in [-0.2, -0.15) is 5.10 Å². The third-order valence-corrected chi connectivity index (χ3v) is 3.74. The van der Waals surface area contributed by atoms with Crippen LogP contribution in [0.2, 0.25) is 10.0 Å². The van der Waals surface area contributed by atoms with Crippen molar-refractivity contribution >= 4 is 40.6 Å². The average molecular weight is 394 g/mol. The van der Waals surface area contributed by atoms with Gasteiger partial charge in [0.2, 0.25) is 5.96 Å². The molecule has 5 N–H and O–H groups in total. The van der Waals surface area contributed by atoms with Crippen LogP contribution in [-0.4, -0.2) is 40.8 Å². The Morgan fingerprint density at radius 2 is 1.27 bits per heavy atom. The van der Waals surface area contributed by atoms with Gasteiger partial charge in [0, 0.05) is 21.2 Å². The van der Waals surface area contributed by atoms with Crippen molar-refractivity contribution in [3.05, 3.63) is 69.7 Å². The van der Waals surface area contributed by atoms with Crippen LogP contribution in [0.5, 0.6) is 0 Å². The predicted molar refractivity (Wildman–Crippen MR) is 105 cm³/mol. The van der Waals surface area contributed by atoms with Crippen molar-refractivity contribution in [2.24, 2.45) is 21.0 Å². The van der Waals surface area contributed by atoms with Gasteiger partial charge in [0.15, 0.2) is 0 Å². The molecule has 9 heteroatoms. The number of guanidine groups is 1. The minimum absolute atomic E-state index is 0.107. The lowest BCUT2D eigenvalue weighted by atomic mass is 10.1. The van der Waals surface area contributed by atoms with E-state index in [9.17, 15) is 10.2 Å². The van der Waals surface area contributed by atoms with Crippen LogP contribution >= 0.6 is 23.2 Å². The maximum absolute atomic E-state index is 9.43. The van der Waals surface area contributed by atoms with Crippen molar-refractivity contribution in [1.82, 2.24) is 5.43 Å². The Labute approximate surface area is 160 Å². The Balaban J connectivity index is 2.12. The number of aliphatic hydroxyl groups excluding tert-OH is 2. The molecular formula is C17H17Cl2N5O2. The van der Waals surface area contributed by atoms with Crippen molar-refractivity contribution in [1.29, 1.82) is 0 Å². The molecule has 0 heterocycles. The number of rotatable bonds is 6. The summed E-state index contributed by atoms with van der Waals surface area (Å²) in [6.07, 6.45) is 0. The highest BCUT2D eigenvalue weighted by Crippen LogP contribution is 2.11. The second kappa shape index (κ2) is 9.88. The quantitative estimate of drug-likeness (QED) is 0.341. The number of halogens is 2. The van der Waals surface area contributed by atoms with Gasteiger partial charge >= 0.3 is 0 Å². The van der Waals surface area contributed by atoms with Gasteiger partial charge in [-0.1, -0.05) is 47.5 Å². The molecule has 2 rings (SSSR count). The first-order valence-electron chi connectivity index (χ1n) is 7.49. The Morgan fingerprint density at radius 1 is 0.808 bits per heavy atom. The molecule has 0 spiro atoms. The smallest absolute Gasteiger partial charge is 0.234 e. The van der Waals surface area contributed by atoms with E-state index in [2.05, 4.69) is 20.7 Å². The summed E-state index contributed by atoms with van der Waals surface area (Å²) >= 11 is 11.7. The summed E-state index contributed by atoms with van der Waals surface area (Å²) in [4.78, 5) is 0. The lowest BCUT2D eigenvalue weighted by Gasteiger charge is -2.05. The molecule has 0 aromatic heterocycles. The molecule has 0 aliphatic carbocycles. The Morgan fingerprint density at radius 3 is 1.73 bits per heavy atom. The highest BCUT2D eigenvalue weighted by Gasteiger charge is 2.04. The monoisotopic (exact) mass is 393 g/mol. The number of nitrogens with zero attached hydrogens (tertiary/aromatic N) is 3. The third-order valence-electron chi connectivity index (χ3n) is 3.24. The lowest BCUT2D eigenvalue weighted by molar-refractivity contribution is 0.357. The van der Waals surface area contributed by atoms with Crippen LogP contribution in [0.15, 0.2) is 63.8 Å². The molecule has 2 aromatic rings. The molecule has 0 aliphatic rings. The molecule has 0 aliphatic heterocycles. The summed E-state index contributed by atoms with van der Waals surface area (Å²) < 4.78 is 0. The molecule has 0 amide bonds. The summed E-state index contributed by atoms with van der Waals surface area (Å²) in [6.45, 7) is -0.633. The third kappa shape index (κ3) is 5.82. The fraction of sp³-hybridized carbons (Fsp3) is 0.118. The van der Waals surface area contributed by atoms with Gasteiger partial charge < -0.3 is 15.9 Å². The van der Waals surface area contributed by atoms with E-state index in [4.69, 9.17) is 28.9 Å². The number of hydrogen-bond acceptors (Lipinski definition) is 5. The van der Waals surface area contributed by atoms with E-state index in [1.165, 1.54) is 0 Å². The van der Waals surface area contributed by atoms with Gasteiger partial charge in [-0.25, -0.2) is 5.43 Å². The number of hydrazone groups is 1. The molecule has 7 nitrogen and oxygen atoms in total. The zero-order chi connectivity index (χ0) is 18.9. The van der Waals surface area contributed by atoms with E-state index < -0.39 is 0 Å². The van der Waals surface area contributed by atoms with E-state index >= 15 is 0 Å². The van der Waals surface area contributed by atoms with Gasteiger partial charge in [0.1, 0.15) is 0 Å². The molecule has 0 bridgehead atoms. The molecular weight excluding hydrogens is 377 g/mol. The minimum Gasteiger partial charge on any atom is -0.390 e. The molecule has 0 radical (unpaired) electrons. The molecule has 0 unspecified atom stereocenters. The number of hydrogen-bond donors (Lipinski definition) is 4. The molecule has 2 aromatic carbocycles. The molecule has 0 saturated heterocycles. The summed E-state index contributed by atoms with van der Waals surface area (Å²) in [5, 5.41) is 31.7. The lowest BCUT2D eigenvalue weighted by Crippen LogP contribution is -2.29. The van der Waals surface area contributed by atoms with Gasteiger partial charge in [-0.3, -0.25) is 0 Å². The molecule has 0 atom stereocenters. The van der Waals surface area contributed by atoms with Crippen LogP contribution in [0.1, 0.15) is 11.1 Å². The van der Waals surface area contributed by atoms with Crippen LogP contribution < -0.4 is 11.2 Å². The van der Waals surface area contributed by atoms with E-state index in [1.54, 1.807) is 48.5 Å². The molecule has 26 heavy (non-hydrogen) atoms. The maximum Gasteiger partial charge on any atom is 0.234 e. The van der Waals surface area contributed by atoms with Crippen LogP contribution in [0.25, 0.3) is 0 Å². The maximum atomic E-state index is 9.43. The van der Waals surface area contributed by atoms with Gasteiger partial charge in [-0.05, 0) is 24.3 Å². The van der Waals surface area contributed by atoms with Crippen molar-refractivity contribution < 1.29 is 10.2 Å². The average Bonchev–Trinajstić information content (AvgIpc) is 2.65. The minimum atomic E-state index is -0.325. The largest absolute Gasteiger partial charge is 0.390 e. The first-order valence-corrected chi connectivity index (χ1v) is 8.25. The normalized spacial score (nSPS) is 13.0. The van der Waals surface area contributed by atoms with Crippen molar-refractivity contribution in [2.45, 2.75) is 0 Å². The van der Waals surface area contributed by atoms with Crippen LogP contribution in [0, 0.1) is 0 Å². The van der Waals surface area contributed by atoms with Crippen LogP contribution in [-0.2, 0) is 0 Å². The first kappa shape index (κ1) is 19.9. The van der Waals surface area contributed by atoms with Crippen molar-refractivity contribution in [2.75, 3.05) is 13.2 Å². The number of benzene rings is 2. The van der Waals surface area contributed by atoms with Crippen LogP contribution in [0.4, 0.5) is 0 Å². The summed E-state index contributed by atoms with van der Waals surface area (Å²) in [7, 11) is 0. The zero-order valence-electron chi connectivity index (χ0n) is 13.6. The molecule has 0 fully saturated rings. The predicted octanol–water partition coefficient (Wildman–Crippen LogP) is 1.99. The Kier molecular flexibility index (Phi) is 7.55. The summed E-state index contributed by atoms with van der Waals surface area (Å²) in [5.41, 5.74) is 10.2. The second-order valence-corrected chi connectivity index (χ2v) is 5.91. The SMILES string of the molecule is NC(=NN=C(CO)c1ccc(Cl)cc1)NN=C(CO)c1ccc(Cl)cc1. The van der Waals surface area contributed by atoms with E-state index in [0.29, 0.717) is 32.6 Å². The number of nitrogens with one attached hydrogen (secondary N) is 1. The Bertz CT molecular complexity index is 818. The highest BCUT2D eigenvalue weighted by atomic mass is 35.5. The fourth-order valence-electron chi connectivity index (χ4n) is 1.92. The first-order chi connectivity index (χ1) is 12.5. The van der Waals surface area contributed by atoms with Gasteiger partial charge in [0.05, 0.1) is 24.6 Å².